The monoisotopic (exact) mass is 327 g/mol. The number of benzene rings is 1. The number of carbonyl (C=O) groups is 1. The van der Waals surface area contributed by atoms with Crippen LogP contribution in [0.2, 0.25) is 0 Å². The predicted octanol–water partition coefficient (Wildman–Crippen LogP) is 3.92. The highest BCUT2D eigenvalue weighted by Crippen LogP contribution is 2.43. The van der Waals surface area contributed by atoms with Crippen molar-refractivity contribution in [3.8, 4) is 5.75 Å². The number of hydrogen-bond acceptors (Lipinski definition) is 3. The Bertz CT molecular complexity index is 715. The molecular formula is C19H25N3O2. The van der Waals surface area contributed by atoms with E-state index in [1.54, 1.807) is 13.3 Å². The lowest BCUT2D eigenvalue weighted by atomic mass is 9.78. The molecule has 5 heteroatoms. The minimum absolute atomic E-state index is 0.0524. The highest BCUT2D eigenvalue weighted by Gasteiger charge is 2.43. The summed E-state index contributed by atoms with van der Waals surface area (Å²) in [5.74, 6) is 0.843. The number of hydrogen-bond donors (Lipinski definition) is 1. The number of methoxy groups -OCH3 is 1. The van der Waals surface area contributed by atoms with Gasteiger partial charge in [-0.25, -0.2) is 0 Å². The van der Waals surface area contributed by atoms with E-state index in [0.29, 0.717) is 0 Å². The Kier molecular flexibility index (Phi) is 4.60. The molecule has 1 fully saturated rings. The predicted molar refractivity (Wildman–Crippen MR) is 94.4 cm³/mol. The summed E-state index contributed by atoms with van der Waals surface area (Å²) in [6, 6.07) is 8.16. The first kappa shape index (κ1) is 16.6. The van der Waals surface area contributed by atoms with Gasteiger partial charge in [-0.3, -0.25) is 9.48 Å². The summed E-state index contributed by atoms with van der Waals surface area (Å²) in [5.41, 5.74) is 1.31. The van der Waals surface area contributed by atoms with Crippen LogP contribution in [0.5, 0.6) is 5.75 Å². The molecule has 128 valence electrons. The first-order chi connectivity index (χ1) is 11.5. The molecule has 1 aliphatic rings. The van der Waals surface area contributed by atoms with Crippen molar-refractivity contribution in [3.63, 3.8) is 0 Å². The van der Waals surface area contributed by atoms with Crippen LogP contribution in [0.15, 0.2) is 36.7 Å². The van der Waals surface area contributed by atoms with Gasteiger partial charge >= 0.3 is 0 Å². The standard InChI is InChI=1S/C19H25N3O2/c1-14(2)22-13-16(12-20-22)21-18(23)19(9-4-5-10-19)15-7-6-8-17(11-15)24-3/h6-8,11-14H,4-5,9-10H2,1-3H3,(H,21,23). The zero-order valence-corrected chi connectivity index (χ0v) is 14.6. The topological polar surface area (TPSA) is 56.1 Å². The molecule has 0 atom stereocenters. The Morgan fingerprint density at radius 2 is 2.08 bits per heavy atom. The molecule has 0 spiro atoms. The van der Waals surface area contributed by atoms with Gasteiger partial charge in [0.05, 0.1) is 24.4 Å². The van der Waals surface area contributed by atoms with Crippen LogP contribution in [-0.2, 0) is 10.2 Å². The Hall–Kier alpha value is -2.30. The first-order valence-corrected chi connectivity index (χ1v) is 8.55. The third-order valence-corrected chi connectivity index (χ3v) is 4.90. The van der Waals surface area contributed by atoms with Gasteiger partial charge in [0.2, 0.25) is 5.91 Å². The summed E-state index contributed by atoms with van der Waals surface area (Å²) >= 11 is 0. The SMILES string of the molecule is COc1cccc(C2(C(=O)Nc3cnn(C(C)C)c3)CCCC2)c1. The van der Waals surface area contributed by atoms with Crippen LogP contribution in [0.1, 0.15) is 51.1 Å². The first-order valence-electron chi connectivity index (χ1n) is 8.55. The summed E-state index contributed by atoms with van der Waals surface area (Å²) in [7, 11) is 1.65. The van der Waals surface area contributed by atoms with Crippen LogP contribution < -0.4 is 10.1 Å². The van der Waals surface area contributed by atoms with Crippen LogP contribution in [0.4, 0.5) is 5.69 Å². The number of ether oxygens (including phenoxy) is 1. The van der Waals surface area contributed by atoms with E-state index in [1.165, 1.54) is 0 Å². The number of carbonyl (C=O) groups excluding carboxylic acids is 1. The van der Waals surface area contributed by atoms with Crippen molar-refractivity contribution in [2.24, 2.45) is 0 Å². The van der Waals surface area contributed by atoms with Gasteiger partial charge in [-0.2, -0.15) is 5.10 Å². The molecule has 0 radical (unpaired) electrons. The van der Waals surface area contributed by atoms with Crippen molar-refractivity contribution in [1.82, 2.24) is 9.78 Å². The number of amides is 1. The summed E-state index contributed by atoms with van der Waals surface area (Å²) in [5, 5.41) is 7.37. The lowest BCUT2D eigenvalue weighted by Crippen LogP contribution is -2.37. The molecule has 0 aliphatic heterocycles. The summed E-state index contributed by atoms with van der Waals surface area (Å²) in [4.78, 5) is 13.1. The maximum Gasteiger partial charge on any atom is 0.235 e. The van der Waals surface area contributed by atoms with Crippen LogP contribution in [0.3, 0.4) is 0 Å². The van der Waals surface area contributed by atoms with E-state index in [4.69, 9.17) is 4.74 Å². The molecule has 1 aliphatic carbocycles. The highest BCUT2D eigenvalue weighted by atomic mass is 16.5. The fourth-order valence-electron chi connectivity index (χ4n) is 3.48. The van der Waals surface area contributed by atoms with Crippen LogP contribution in [0, 0.1) is 0 Å². The Morgan fingerprint density at radius 3 is 2.71 bits per heavy atom. The number of nitrogens with zero attached hydrogens (tertiary/aromatic N) is 2. The van der Waals surface area contributed by atoms with E-state index in [1.807, 2.05) is 35.1 Å². The second kappa shape index (κ2) is 6.67. The second-order valence-electron chi connectivity index (χ2n) is 6.78. The quantitative estimate of drug-likeness (QED) is 0.905. The average molecular weight is 327 g/mol. The normalized spacial score (nSPS) is 16.3. The van der Waals surface area contributed by atoms with Crippen molar-refractivity contribution in [2.75, 3.05) is 12.4 Å². The van der Waals surface area contributed by atoms with Crippen LogP contribution in [-0.4, -0.2) is 22.8 Å². The van der Waals surface area contributed by atoms with Gasteiger partial charge in [-0.15, -0.1) is 0 Å². The number of anilines is 1. The maximum atomic E-state index is 13.1. The minimum atomic E-state index is -0.478. The van der Waals surface area contributed by atoms with Crippen LogP contribution >= 0.6 is 0 Å². The molecule has 1 N–H and O–H groups in total. The molecule has 1 amide bonds. The third-order valence-electron chi connectivity index (χ3n) is 4.90. The lowest BCUT2D eigenvalue weighted by molar-refractivity contribution is -0.121. The van der Waals surface area contributed by atoms with Crippen molar-refractivity contribution in [3.05, 3.63) is 42.2 Å². The third kappa shape index (κ3) is 3.03. The van der Waals surface area contributed by atoms with Gasteiger partial charge in [0.1, 0.15) is 5.75 Å². The highest BCUT2D eigenvalue weighted by molar-refractivity contribution is 5.99. The summed E-state index contributed by atoms with van der Waals surface area (Å²) < 4.78 is 7.19. The van der Waals surface area contributed by atoms with Crippen molar-refractivity contribution in [2.45, 2.75) is 51.0 Å². The summed E-state index contributed by atoms with van der Waals surface area (Å²) in [6.07, 6.45) is 7.46. The molecule has 1 aromatic carbocycles. The van der Waals surface area contributed by atoms with Crippen molar-refractivity contribution < 1.29 is 9.53 Å². The number of rotatable bonds is 5. The van der Waals surface area contributed by atoms with E-state index < -0.39 is 5.41 Å². The number of aromatic nitrogens is 2. The summed E-state index contributed by atoms with van der Waals surface area (Å²) in [6.45, 7) is 4.13. The van der Waals surface area contributed by atoms with Gasteiger partial charge < -0.3 is 10.1 Å². The lowest BCUT2D eigenvalue weighted by Gasteiger charge is -2.28. The largest absolute Gasteiger partial charge is 0.497 e. The fourth-order valence-corrected chi connectivity index (χ4v) is 3.48. The van der Waals surface area contributed by atoms with E-state index in [0.717, 1.165) is 42.7 Å². The van der Waals surface area contributed by atoms with Crippen LogP contribution in [0.25, 0.3) is 0 Å². The smallest absolute Gasteiger partial charge is 0.235 e. The minimum Gasteiger partial charge on any atom is -0.497 e. The molecule has 3 rings (SSSR count). The molecule has 5 nitrogen and oxygen atoms in total. The molecule has 0 bridgehead atoms. The van der Waals surface area contributed by atoms with Gasteiger partial charge in [-0.05, 0) is 44.4 Å². The van der Waals surface area contributed by atoms with E-state index in [9.17, 15) is 4.79 Å². The zero-order valence-electron chi connectivity index (χ0n) is 14.6. The Balaban J connectivity index is 1.87. The molecule has 1 heterocycles. The molecule has 24 heavy (non-hydrogen) atoms. The molecule has 1 aromatic heterocycles. The van der Waals surface area contributed by atoms with Gasteiger partial charge in [0.15, 0.2) is 0 Å². The van der Waals surface area contributed by atoms with E-state index in [-0.39, 0.29) is 11.9 Å². The van der Waals surface area contributed by atoms with E-state index in [2.05, 4.69) is 24.3 Å². The molecule has 0 unspecified atom stereocenters. The van der Waals surface area contributed by atoms with Crippen molar-refractivity contribution in [1.29, 1.82) is 0 Å². The Labute approximate surface area is 143 Å². The molecule has 2 aromatic rings. The van der Waals surface area contributed by atoms with E-state index >= 15 is 0 Å². The number of nitrogens with one attached hydrogen (secondary N) is 1. The Morgan fingerprint density at radius 1 is 1.33 bits per heavy atom. The maximum absolute atomic E-state index is 13.1. The zero-order chi connectivity index (χ0) is 17.2. The molecule has 0 saturated heterocycles. The molecular weight excluding hydrogens is 302 g/mol. The van der Waals surface area contributed by atoms with Crippen molar-refractivity contribution >= 4 is 11.6 Å². The van der Waals surface area contributed by atoms with Gasteiger partial charge in [0.25, 0.3) is 0 Å². The van der Waals surface area contributed by atoms with Gasteiger partial charge in [0, 0.05) is 12.2 Å². The second-order valence-corrected chi connectivity index (χ2v) is 6.78. The fraction of sp³-hybridized carbons (Fsp3) is 0.474. The van der Waals surface area contributed by atoms with Gasteiger partial charge in [-0.1, -0.05) is 25.0 Å². The average Bonchev–Trinajstić information content (AvgIpc) is 3.25. The molecule has 1 saturated carbocycles.